The topological polar surface area (TPSA) is 82.0 Å². The summed E-state index contributed by atoms with van der Waals surface area (Å²) in [4.78, 5) is 17.5. The van der Waals surface area contributed by atoms with E-state index in [-0.39, 0.29) is 11.8 Å². The summed E-state index contributed by atoms with van der Waals surface area (Å²) in [7, 11) is 3.26. The molecule has 1 fully saturated rings. The van der Waals surface area contributed by atoms with E-state index in [2.05, 4.69) is 14.6 Å². The molecule has 3 aromatic carbocycles. The molecule has 8 heteroatoms. The van der Waals surface area contributed by atoms with Gasteiger partial charge in [0.15, 0.2) is 28.3 Å². The van der Waals surface area contributed by atoms with E-state index >= 15 is 0 Å². The van der Waals surface area contributed by atoms with E-state index < -0.39 is 5.25 Å². The number of Topliss-reactive ketones (excluding diaryl/α,β-unsaturated/α-hetero) is 1. The van der Waals surface area contributed by atoms with Crippen LogP contribution in [-0.2, 0) is 0 Å². The molecule has 7 nitrogen and oxygen atoms in total. The van der Waals surface area contributed by atoms with Crippen LogP contribution in [-0.4, -0.2) is 39.8 Å². The number of para-hydroxylation sites is 1. The molecule has 6 rings (SSSR count). The lowest BCUT2D eigenvalue weighted by Gasteiger charge is -2.26. The van der Waals surface area contributed by atoms with E-state index in [4.69, 9.17) is 14.6 Å². The summed E-state index contributed by atoms with van der Waals surface area (Å²) in [6, 6.07) is 24.0. The predicted octanol–water partition coefficient (Wildman–Crippen LogP) is 7.67. The number of hydrogen-bond donors (Lipinski definition) is 1. The summed E-state index contributed by atoms with van der Waals surface area (Å²) < 4.78 is 13.3. The number of nitrogens with one attached hydrogen (secondary N) is 1. The van der Waals surface area contributed by atoms with Crippen molar-refractivity contribution in [3.63, 3.8) is 0 Å². The summed E-state index contributed by atoms with van der Waals surface area (Å²) >= 11 is 1.48. The van der Waals surface area contributed by atoms with E-state index in [1.54, 1.807) is 14.2 Å². The summed E-state index contributed by atoms with van der Waals surface area (Å²) in [6.45, 7) is 0. The number of rotatable bonds is 9. The van der Waals surface area contributed by atoms with Crippen LogP contribution < -0.4 is 9.47 Å². The van der Waals surface area contributed by atoms with Crippen molar-refractivity contribution in [1.29, 1.82) is 0 Å². The third-order valence-corrected chi connectivity index (χ3v) is 8.88. The van der Waals surface area contributed by atoms with E-state index in [0.717, 1.165) is 58.7 Å². The van der Waals surface area contributed by atoms with E-state index in [1.807, 2.05) is 79.0 Å². The molecule has 2 aromatic heterocycles. The van der Waals surface area contributed by atoms with Crippen LogP contribution in [0.2, 0.25) is 0 Å². The molecule has 5 aromatic rings. The fourth-order valence-electron chi connectivity index (χ4n) is 5.62. The van der Waals surface area contributed by atoms with Crippen LogP contribution in [0.4, 0.5) is 0 Å². The number of fused-ring (bicyclic) bond motifs is 1. The largest absolute Gasteiger partial charge is 0.493 e. The molecule has 1 atom stereocenters. The van der Waals surface area contributed by atoms with Crippen LogP contribution in [0.5, 0.6) is 11.5 Å². The molecule has 2 heterocycles. The highest BCUT2D eigenvalue weighted by Gasteiger charge is 2.31. The van der Waals surface area contributed by atoms with Gasteiger partial charge in [-0.1, -0.05) is 79.6 Å². The van der Waals surface area contributed by atoms with Gasteiger partial charge in [-0.3, -0.25) is 9.36 Å². The van der Waals surface area contributed by atoms with Gasteiger partial charge < -0.3 is 14.5 Å². The van der Waals surface area contributed by atoms with Crippen LogP contribution >= 0.6 is 11.8 Å². The maximum absolute atomic E-state index is 14.2. The van der Waals surface area contributed by atoms with Gasteiger partial charge in [0.1, 0.15) is 5.25 Å². The minimum atomic E-state index is -0.481. The Labute approximate surface area is 237 Å². The van der Waals surface area contributed by atoms with Crippen LogP contribution in [0.25, 0.3) is 22.3 Å². The van der Waals surface area contributed by atoms with Crippen LogP contribution in [0.3, 0.4) is 0 Å². The fourth-order valence-corrected chi connectivity index (χ4v) is 6.80. The number of aromatic amines is 1. The van der Waals surface area contributed by atoms with Gasteiger partial charge in [-0.05, 0) is 42.7 Å². The van der Waals surface area contributed by atoms with Crippen molar-refractivity contribution in [2.24, 2.45) is 0 Å². The quantitative estimate of drug-likeness (QED) is 0.149. The highest BCUT2D eigenvalue weighted by atomic mass is 32.2. The number of nitrogens with zero attached hydrogens (tertiary/aromatic N) is 3. The van der Waals surface area contributed by atoms with Crippen molar-refractivity contribution >= 4 is 28.4 Å². The number of aromatic nitrogens is 4. The Kier molecular flexibility index (Phi) is 7.60. The van der Waals surface area contributed by atoms with E-state index in [1.165, 1.54) is 18.2 Å². The Morgan fingerprint density at radius 1 is 0.925 bits per heavy atom. The zero-order valence-corrected chi connectivity index (χ0v) is 23.5. The van der Waals surface area contributed by atoms with Gasteiger partial charge in [0.2, 0.25) is 0 Å². The monoisotopic (exact) mass is 552 g/mol. The second kappa shape index (κ2) is 11.6. The lowest BCUT2D eigenvalue weighted by atomic mass is 9.95. The zero-order valence-electron chi connectivity index (χ0n) is 22.7. The molecule has 1 aliphatic carbocycles. The summed E-state index contributed by atoms with van der Waals surface area (Å²) in [5, 5.41) is 10.6. The third-order valence-electron chi connectivity index (χ3n) is 7.66. The molecule has 40 heavy (non-hydrogen) atoms. The SMILES string of the molecule is COc1ccc(-c2nnc(S[C@H](C(=O)c3c[nH]c4ccccc34)c3ccccc3)n2C2CCCCC2)cc1OC. The number of ether oxygens (including phenoxy) is 2. The maximum atomic E-state index is 14.2. The maximum Gasteiger partial charge on any atom is 0.192 e. The number of ketones is 1. The van der Waals surface area contributed by atoms with Crippen molar-refractivity contribution in [2.75, 3.05) is 14.2 Å². The standard InChI is InChI=1S/C32H32N4O3S/c1-38-27-18-17-22(19-28(27)39-2)31-34-35-32(36(31)23-13-7-4-8-14-23)40-30(21-11-5-3-6-12-21)29(37)25-20-33-26-16-10-9-15-24(25)26/h3,5-6,9-12,15-20,23,30,33H,4,7-8,13-14H2,1-2H3/t30-/m0/s1. The Balaban J connectivity index is 1.44. The molecule has 204 valence electrons. The molecule has 1 aliphatic rings. The van der Waals surface area contributed by atoms with Crippen molar-refractivity contribution in [3.8, 4) is 22.9 Å². The van der Waals surface area contributed by atoms with Gasteiger partial charge in [-0.15, -0.1) is 10.2 Å². The number of methoxy groups -OCH3 is 2. The van der Waals surface area contributed by atoms with Crippen LogP contribution in [0, 0.1) is 0 Å². The molecule has 0 unspecified atom stereocenters. The Morgan fingerprint density at radius 3 is 2.45 bits per heavy atom. The number of hydrogen-bond acceptors (Lipinski definition) is 6. The van der Waals surface area contributed by atoms with Crippen LogP contribution in [0.1, 0.15) is 59.3 Å². The number of thioether (sulfide) groups is 1. The molecule has 1 N–H and O–H groups in total. The highest BCUT2D eigenvalue weighted by molar-refractivity contribution is 8.00. The van der Waals surface area contributed by atoms with Gasteiger partial charge in [0.25, 0.3) is 0 Å². The molecule has 0 bridgehead atoms. The normalized spacial score (nSPS) is 14.8. The first-order valence-electron chi connectivity index (χ1n) is 13.7. The number of carbonyl (C=O) groups is 1. The Bertz CT molecular complexity index is 1620. The molecular formula is C32H32N4O3S. The van der Waals surface area contributed by atoms with Crippen LogP contribution in [0.15, 0.2) is 84.1 Å². The number of carbonyl (C=O) groups excluding carboxylic acids is 1. The molecular weight excluding hydrogens is 520 g/mol. The minimum absolute atomic E-state index is 0.0412. The van der Waals surface area contributed by atoms with Crippen molar-refractivity contribution in [3.05, 3.63) is 90.1 Å². The smallest absolute Gasteiger partial charge is 0.192 e. The van der Waals surface area contributed by atoms with Crippen molar-refractivity contribution in [2.45, 2.75) is 48.6 Å². The first kappa shape index (κ1) is 26.2. The van der Waals surface area contributed by atoms with Gasteiger partial charge in [0, 0.05) is 34.3 Å². The second-order valence-electron chi connectivity index (χ2n) is 10.1. The van der Waals surface area contributed by atoms with Gasteiger partial charge in [-0.2, -0.15) is 0 Å². The minimum Gasteiger partial charge on any atom is -0.493 e. The van der Waals surface area contributed by atoms with E-state index in [0.29, 0.717) is 17.1 Å². The highest BCUT2D eigenvalue weighted by Crippen LogP contribution is 2.43. The number of benzene rings is 3. The van der Waals surface area contributed by atoms with Crippen molar-refractivity contribution < 1.29 is 14.3 Å². The second-order valence-corrected chi connectivity index (χ2v) is 11.1. The molecule has 0 saturated heterocycles. The average Bonchev–Trinajstić information content (AvgIpc) is 3.64. The van der Waals surface area contributed by atoms with E-state index in [9.17, 15) is 4.79 Å². The Hall–Kier alpha value is -4.04. The van der Waals surface area contributed by atoms with Gasteiger partial charge in [0.05, 0.1) is 14.2 Å². The van der Waals surface area contributed by atoms with Crippen molar-refractivity contribution in [1.82, 2.24) is 19.7 Å². The summed E-state index contributed by atoms with van der Waals surface area (Å²) in [5.41, 5.74) is 3.47. The molecule has 0 spiro atoms. The predicted molar refractivity (Wildman–Crippen MR) is 158 cm³/mol. The molecule has 0 aliphatic heterocycles. The third kappa shape index (κ3) is 4.99. The summed E-state index contributed by atoms with van der Waals surface area (Å²) in [6.07, 6.45) is 7.49. The molecule has 0 radical (unpaired) electrons. The zero-order chi connectivity index (χ0) is 27.5. The fraction of sp³-hybridized carbons (Fsp3) is 0.281. The Morgan fingerprint density at radius 2 is 1.68 bits per heavy atom. The summed E-state index contributed by atoms with van der Waals surface area (Å²) in [5.74, 6) is 2.13. The van der Waals surface area contributed by atoms with Gasteiger partial charge >= 0.3 is 0 Å². The first-order chi connectivity index (χ1) is 19.7. The lowest BCUT2D eigenvalue weighted by molar-refractivity contribution is 0.0991. The molecule has 1 saturated carbocycles. The lowest BCUT2D eigenvalue weighted by Crippen LogP contribution is -2.17. The number of H-pyrrole nitrogens is 1. The van der Waals surface area contributed by atoms with Gasteiger partial charge in [-0.25, -0.2) is 0 Å². The first-order valence-corrected chi connectivity index (χ1v) is 14.5. The molecule has 0 amide bonds. The average molecular weight is 553 g/mol.